The lowest BCUT2D eigenvalue weighted by atomic mass is 9.78. The second kappa shape index (κ2) is 6.26. The van der Waals surface area contributed by atoms with Crippen LogP contribution in [0.25, 0.3) is 0 Å². The summed E-state index contributed by atoms with van der Waals surface area (Å²) in [6.07, 6.45) is 7.84. The topological polar surface area (TPSA) is 61.9 Å². The Morgan fingerprint density at radius 2 is 2.00 bits per heavy atom. The van der Waals surface area contributed by atoms with Gasteiger partial charge in [-0.05, 0) is 49.8 Å². The molecule has 2 aliphatic rings. The summed E-state index contributed by atoms with van der Waals surface area (Å²) in [7, 11) is 0. The smallest absolute Gasteiger partial charge is 0.172 e. The maximum absolute atomic E-state index is 9.05. The predicted molar refractivity (Wildman–Crippen MR) is 89.0 cm³/mol. The molecule has 1 heterocycles. The molecule has 1 aliphatic heterocycles. The Labute approximate surface area is 134 Å². The number of hydrogen-bond acceptors (Lipinski definition) is 3. The van der Waals surface area contributed by atoms with Gasteiger partial charge in [-0.3, -0.25) is 0 Å². The van der Waals surface area contributed by atoms with Crippen molar-refractivity contribution in [2.75, 3.05) is 11.4 Å². The lowest BCUT2D eigenvalue weighted by Crippen LogP contribution is -2.47. The van der Waals surface area contributed by atoms with E-state index >= 15 is 0 Å². The molecule has 0 radical (unpaired) electrons. The average molecular weight is 352 g/mol. The van der Waals surface area contributed by atoms with Crippen LogP contribution in [0.4, 0.5) is 5.69 Å². The molecule has 0 aromatic heterocycles. The van der Waals surface area contributed by atoms with Crippen molar-refractivity contribution in [2.24, 2.45) is 16.8 Å². The molecule has 0 spiro atoms. The molecule has 3 N–H and O–H groups in total. The molecular formula is C16H22BrN3O. The summed E-state index contributed by atoms with van der Waals surface area (Å²) in [6, 6.07) is 6.58. The number of piperidine rings is 1. The molecule has 1 aromatic rings. The number of rotatable bonds is 2. The molecule has 3 rings (SSSR count). The monoisotopic (exact) mass is 351 g/mol. The highest BCUT2D eigenvalue weighted by atomic mass is 79.9. The third-order valence-corrected chi connectivity index (χ3v) is 5.39. The zero-order chi connectivity index (χ0) is 14.8. The molecule has 114 valence electrons. The summed E-state index contributed by atoms with van der Waals surface area (Å²) in [4.78, 5) is 2.49. The van der Waals surface area contributed by atoms with Gasteiger partial charge in [0.15, 0.2) is 5.84 Å². The van der Waals surface area contributed by atoms with Gasteiger partial charge in [-0.15, -0.1) is 0 Å². The van der Waals surface area contributed by atoms with E-state index in [0.29, 0.717) is 6.04 Å². The summed E-state index contributed by atoms with van der Waals surface area (Å²) in [5.74, 6) is 0.988. The van der Waals surface area contributed by atoms with E-state index in [-0.39, 0.29) is 5.84 Å². The van der Waals surface area contributed by atoms with Crippen molar-refractivity contribution >= 4 is 27.5 Å². The molecule has 2 atom stereocenters. The third kappa shape index (κ3) is 2.89. The highest BCUT2D eigenvalue weighted by Crippen LogP contribution is 2.39. The van der Waals surface area contributed by atoms with Crippen LogP contribution in [0.1, 0.15) is 44.1 Å². The van der Waals surface area contributed by atoms with Crippen LogP contribution in [0.2, 0.25) is 0 Å². The van der Waals surface area contributed by atoms with E-state index < -0.39 is 0 Å². The van der Waals surface area contributed by atoms with Crippen LogP contribution in [-0.4, -0.2) is 23.6 Å². The lowest BCUT2D eigenvalue weighted by Gasteiger charge is -2.46. The van der Waals surface area contributed by atoms with Crippen LogP contribution in [0, 0.1) is 5.92 Å². The first-order valence-electron chi connectivity index (χ1n) is 7.75. The predicted octanol–water partition coefficient (Wildman–Crippen LogP) is 3.70. The summed E-state index contributed by atoms with van der Waals surface area (Å²) in [5.41, 5.74) is 7.80. The Kier molecular flexibility index (Phi) is 4.38. The van der Waals surface area contributed by atoms with Crippen molar-refractivity contribution in [1.82, 2.24) is 0 Å². The van der Waals surface area contributed by atoms with Gasteiger partial charge in [0.05, 0.1) is 0 Å². The van der Waals surface area contributed by atoms with Gasteiger partial charge < -0.3 is 15.8 Å². The highest BCUT2D eigenvalue weighted by Gasteiger charge is 2.34. The van der Waals surface area contributed by atoms with E-state index in [1.165, 1.54) is 38.5 Å². The van der Waals surface area contributed by atoms with E-state index in [4.69, 9.17) is 10.9 Å². The van der Waals surface area contributed by atoms with Gasteiger partial charge in [0.2, 0.25) is 0 Å². The Morgan fingerprint density at radius 1 is 1.24 bits per heavy atom. The fourth-order valence-electron chi connectivity index (χ4n) is 3.94. The number of nitrogens with zero attached hydrogens (tertiary/aromatic N) is 2. The number of hydrogen-bond donors (Lipinski definition) is 2. The zero-order valence-electron chi connectivity index (χ0n) is 12.1. The zero-order valence-corrected chi connectivity index (χ0v) is 13.7. The number of halogens is 1. The van der Waals surface area contributed by atoms with Gasteiger partial charge >= 0.3 is 0 Å². The second-order valence-corrected chi connectivity index (χ2v) is 7.01. The van der Waals surface area contributed by atoms with Crippen molar-refractivity contribution in [3.63, 3.8) is 0 Å². The van der Waals surface area contributed by atoms with Gasteiger partial charge in [-0.2, -0.15) is 0 Å². The van der Waals surface area contributed by atoms with Crippen molar-refractivity contribution < 1.29 is 5.21 Å². The second-order valence-electron chi connectivity index (χ2n) is 6.09. The van der Waals surface area contributed by atoms with E-state index in [1.54, 1.807) is 0 Å². The Balaban J connectivity index is 1.99. The SMILES string of the molecule is N/C(=N/O)c1ccc(Br)cc1N1CCCC2CCCCC21. The maximum Gasteiger partial charge on any atom is 0.172 e. The quantitative estimate of drug-likeness (QED) is 0.369. The molecule has 0 bridgehead atoms. The van der Waals surface area contributed by atoms with Crippen LogP contribution < -0.4 is 10.6 Å². The average Bonchev–Trinajstić information content (AvgIpc) is 2.53. The van der Waals surface area contributed by atoms with Crippen LogP contribution in [-0.2, 0) is 0 Å². The normalized spacial score (nSPS) is 26.5. The van der Waals surface area contributed by atoms with Crippen molar-refractivity contribution in [2.45, 2.75) is 44.6 Å². The molecule has 2 unspecified atom stereocenters. The number of fused-ring (bicyclic) bond motifs is 1. The number of oxime groups is 1. The fraction of sp³-hybridized carbons (Fsp3) is 0.562. The highest BCUT2D eigenvalue weighted by molar-refractivity contribution is 9.10. The van der Waals surface area contributed by atoms with Gasteiger partial charge in [-0.1, -0.05) is 33.9 Å². The molecule has 4 nitrogen and oxygen atoms in total. The van der Waals surface area contributed by atoms with E-state index in [2.05, 4.69) is 32.1 Å². The molecule has 1 aliphatic carbocycles. The van der Waals surface area contributed by atoms with Crippen molar-refractivity contribution in [1.29, 1.82) is 0 Å². The molecule has 21 heavy (non-hydrogen) atoms. The Bertz CT molecular complexity index is 544. The van der Waals surface area contributed by atoms with Gasteiger partial charge in [0, 0.05) is 28.3 Å². The summed E-state index contributed by atoms with van der Waals surface area (Å²) in [6.45, 7) is 1.06. The number of benzene rings is 1. The minimum absolute atomic E-state index is 0.190. The van der Waals surface area contributed by atoms with Gasteiger partial charge in [0.1, 0.15) is 0 Å². The van der Waals surface area contributed by atoms with Crippen LogP contribution in [0.15, 0.2) is 27.8 Å². The fourth-order valence-corrected chi connectivity index (χ4v) is 4.29. The first kappa shape index (κ1) is 14.7. The lowest BCUT2D eigenvalue weighted by molar-refractivity contribution is 0.243. The minimum Gasteiger partial charge on any atom is -0.409 e. The summed E-state index contributed by atoms with van der Waals surface area (Å²) < 4.78 is 1.03. The molecule has 1 aromatic carbocycles. The molecule has 1 saturated carbocycles. The first-order valence-corrected chi connectivity index (χ1v) is 8.54. The minimum atomic E-state index is 0.190. The van der Waals surface area contributed by atoms with Crippen LogP contribution in [0.5, 0.6) is 0 Å². The van der Waals surface area contributed by atoms with Crippen molar-refractivity contribution in [3.8, 4) is 0 Å². The molecule has 5 heteroatoms. The Morgan fingerprint density at radius 3 is 2.81 bits per heavy atom. The molecule has 0 amide bonds. The number of anilines is 1. The molecular weight excluding hydrogens is 330 g/mol. The van der Waals surface area contributed by atoms with Crippen LogP contribution in [0.3, 0.4) is 0 Å². The van der Waals surface area contributed by atoms with Gasteiger partial charge in [-0.25, -0.2) is 0 Å². The standard InChI is InChI=1S/C16H22BrN3O/c17-12-7-8-13(16(18)19-21)15(10-12)20-9-3-5-11-4-1-2-6-14(11)20/h7-8,10-11,14,21H,1-6,9H2,(H2,18,19). The number of amidine groups is 1. The van der Waals surface area contributed by atoms with E-state index in [0.717, 1.165) is 28.2 Å². The Hall–Kier alpha value is -1.23. The maximum atomic E-state index is 9.05. The first-order chi connectivity index (χ1) is 10.2. The van der Waals surface area contributed by atoms with Crippen molar-refractivity contribution in [3.05, 3.63) is 28.2 Å². The largest absolute Gasteiger partial charge is 0.409 e. The van der Waals surface area contributed by atoms with Crippen LogP contribution >= 0.6 is 15.9 Å². The van der Waals surface area contributed by atoms with Gasteiger partial charge in [0.25, 0.3) is 0 Å². The molecule has 1 saturated heterocycles. The third-order valence-electron chi connectivity index (χ3n) is 4.90. The summed E-state index contributed by atoms with van der Waals surface area (Å²) in [5, 5.41) is 12.2. The number of nitrogens with two attached hydrogens (primary N) is 1. The molecule has 2 fully saturated rings. The summed E-state index contributed by atoms with van der Waals surface area (Å²) >= 11 is 3.55. The van der Waals surface area contributed by atoms with E-state index in [1.807, 2.05) is 12.1 Å². The van der Waals surface area contributed by atoms with E-state index in [9.17, 15) is 0 Å².